The van der Waals surface area contributed by atoms with Gasteiger partial charge in [-0.3, -0.25) is 0 Å². The van der Waals surface area contributed by atoms with Crippen LogP contribution < -0.4 is 10.6 Å². The Hall–Kier alpha value is -0.0800. The van der Waals surface area contributed by atoms with E-state index >= 15 is 0 Å². The van der Waals surface area contributed by atoms with E-state index in [9.17, 15) is 0 Å². The molecule has 2 nitrogen and oxygen atoms in total. The molecule has 82 valence electrons. The zero-order valence-electron chi connectivity index (χ0n) is 9.39. The van der Waals surface area contributed by atoms with Crippen LogP contribution in [0.15, 0.2) is 0 Å². The molecule has 2 fully saturated rings. The van der Waals surface area contributed by atoms with E-state index in [1.54, 1.807) is 0 Å². The van der Waals surface area contributed by atoms with Crippen LogP contribution in [0.1, 0.15) is 45.4 Å². The first-order chi connectivity index (χ1) is 6.86. The van der Waals surface area contributed by atoms with E-state index < -0.39 is 0 Å². The first-order valence-corrected chi connectivity index (χ1v) is 6.33. The highest BCUT2D eigenvalue weighted by Gasteiger charge is 2.23. The molecule has 0 bridgehead atoms. The fraction of sp³-hybridized carbons (Fsp3) is 1.00. The summed E-state index contributed by atoms with van der Waals surface area (Å²) >= 11 is 0. The second-order valence-electron chi connectivity index (χ2n) is 5.04. The van der Waals surface area contributed by atoms with Gasteiger partial charge in [0.1, 0.15) is 0 Å². The predicted molar refractivity (Wildman–Crippen MR) is 60.4 cm³/mol. The Kier molecular flexibility index (Phi) is 3.82. The van der Waals surface area contributed by atoms with Crippen molar-refractivity contribution >= 4 is 0 Å². The fourth-order valence-electron chi connectivity index (χ4n) is 2.91. The van der Waals surface area contributed by atoms with Crippen molar-refractivity contribution in [3.63, 3.8) is 0 Å². The Balaban J connectivity index is 1.72. The summed E-state index contributed by atoms with van der Waals surface area (Å²) in [7, 11) is 0. The molecule has 0 spiro atoms. The largest absolute Gasteiger partial charge is 0.316 e. The molecular weight excluding hydrogens is 172 g/mol. The molecule has 2 N–H and O–H groups in total. The van der Waals surface area contributed by atoms with Gasteiger partial charge in [0.2, 0.25) is 0 Å². The molecule has 1 aliphatic heterocycles. The minimum Gasteiger partial charge on any atom is -0.316 e. The normalized spacial score (nSPS) is 31.9. The van der Waals surface area contributed by atoms with E-state index in [1.807, 2.05) is 0 Å². The highest BCUT2D eigenvalue weighted by Crippen LogP contribution is 2.21. The first-order valence-electron chi connectivity index (χ1n) is 6.33. The highest BCUT2D eigenvalue weighted by atomic mass is 15.0. The topological polar surface area (TPSA) is 24.1 Å². The van der Waals surface area contributed by atoms with Gasteiger partial charge in [0.05, 0.1) is 0 Å². The quantitative estimate of drug-likeness (QED) is 0.720. The van der Waals surface area contributed by atoms with E-state index in [1.165, 1.54) is 51.6 Å². The van der Waals surface area contributed by atoms with Crippen molar-refractivity contribution in [3.05, 3.63) is 0 Å². The van der Waals surface area contributed by atoms with Crippen LogP contribution in [0.4, 0.5) is 0 Å². The molecule has 2 atom stereocenters. The maximum Gasteiger partial charge on any atom is 0.00817 e. The number of hydrogen-bond donors (Lipinski definition) is 2. The summed E-state index contributed by atoms with van der Waals surface area (Å²) in [6.07, 6.45) is 8.46. The molecule has 0 amide bonds. The summed E-state index contributed by atoms with van der Waals surface area (Å²) in [6, 6.07) is 1.54. The fourth-order valence-corrected chi connectivity index (χ4v) is 2.91. The third-order valence-electron chi connectivity index (χ3n) is 3.90. The zero-order chi connectivity index (χ0) is 9.80. The third kappa shape index (κ3) is 2.71. The number of piperidine rings is 1. The Labute approximate surface area is 87.8 Å². The lowest BCUT2D eigenvalue weighted by Gasteiger charge is -2.31. The number of nitrogens with one attached hydrogen (secondary N) is 2. The monoisotopic (exact) mass is 196 g/mol. The van der Waals surface area contributed by atoms with Crippen LogP contribution in [-0.4, -0.2) is 25.2 Å². The molecule has 2 heteroatoms. The van der Waals surface area contributed by atoms with Crippen molar-refractivity contribution in [3.8, 4) is 0 Å². The number of rotatable bonds is 3. The molecule has 0 aromatic heterocycles. The SMILES string of the molecule is CC(NC1CCCC1)C1CCCNC1. The molecule has 1 aliphatic carbocycles. The number of hydrogen-bond acceptors (Lipinski definition) is 2. The van der Waals surface area contributed by atoms with Crippen molar-refractivity contribution in [1.29, 1.82) is 0 Å². The Morgan fingerprint density at radius 2 is 1.93 bits per heavy atom. The van der Waals surface area contributed by atoms with Gasteiger partial charge in [-0.25, -0.2) is 0 Å². The average Bonchev–Trinajstić information content (AvgIpc) is 2.72. The van der Waals surface area contributed by atoms with E-state index in [-0.39, 0.29) is 0 Å². The van der Waals surface area contributed by atoms with E-state index in [2.05, 4.69) is 17.6 Å². The second kappa shape index (κ2) is 5.13. The van der Waals surface area contributed by atoms with Crippen LogP contribution in [0.3, 0.4) is 0 Å². The summed E-state index contributed by atoms with van der Waals surface area (Å²) in [5.41, 5.74) is 0. The molecule has 2 aliphatic rings. The molecule has 1 saturated heterocycles. The first kappa shape index (κ1) is 10.4. The van der Waals surface area contributed by atoms with Gasteiger partial charge >= 0.3 is 0 Å². The predicted octanol–water partition coefficient (Wildman–Crippen LogP) is 1.91. The van der Waals surface area contributed by atoms with Crippen molar-refractivity contribution < 1.29 is 0 Å². The Morgan fingerprint density at radius 1 is 1.14 bits per heavy atom. The van der Waals surface area contributed by atoms with Crippen LogP contribution in [0.5, 0.6) is 0 Å². The van der Waals surface area contributed by atoms with Crippen LogP contribution in [0.2, 0.25) is 0 Å². The van der Waals surface area contributed by atoms with Crippen molar-refractivity contribution in [2.75, 3.05) is 13.1 Å². The molecule has 1 heterocycles. The second-order valence-corrected chi connectivity index (χ2v) is 5.04. The van der Waals surface area contributed by atoms with E-state index in [0.29, 0.717) is 6.04 Å². The lowest BCUT2D eigenvalue weighted by molar-refractivity contribution is 0.278. The maximum absolute atomic E-state index is 3.81. The highest BCUT2D eigenvalue weighted by molar-refractivity contribution is 4.83. The summed E-state index contributed by atoms with van der Waals surface area (Å²) in [5.74, 6) is 0.865. The summed E-state index contributed by atoms with van der Waals surface area (Å²) < 4.78 is 0. The average molecular weight is 196 g/mol. The molecule has 0 aromatic rings. The minimum absolute atomic E-state index is 0.714. The van der Waals surface area contributed by atoms with Gasteiger partial charge in [-0.15, -0.1) is 0 Å². The Bertz CT molecular complexity index is 158. The van der Waals surface area contributed by atoms with Gasteiger partial charge in [0.15, 0.2) is 0 Å². The minimum atomic E-state index is 0.714. The van der Waals surface area contributed by atoms with Crippen molar-refractivity contribution in [2.24, 2.45) is 5.92 Å². The van der Waals surface area contributed by atoms with Gasteiger partial charge < -0.3 is 10.6 Å². The van der Waals surface area contributed by atoms with Gasteiger partial charge in [-0.05, 0) is 51.6 Å². The van der Waals surface area contributed by atoms with Crippen molar-refractivity contribution in [2.45, 2.75) is 57.5 Å². The van der Waals surface area contributed by atoms with Gasteiger partial charge in [0, 0.05) is 12.1 Å². The third-order valence-corrected chi connectivity index (χ3v) is 3.90. The molecule has 2 unspecified atom stereocenters. The summed E-state index contributed by atoms with van der Waals surface area (Å²) in [4.78, 5) is 0. The summed E-state index contributed by atoms with van der Waals surface area (Å²) in [6.45, 7) is 4.82. The van der Waals surface area contributed by atoms with Crippen LogP contribution in [0, 0.1) is 5.92 Å². The Morgan fingerprint density at radius 3 is 2.57 bits per heavy atom. The maximum atomic E-state index is 3.81. The van der Waals surface area contributed by atoms with Crippen LogP contribution in [0.25, 0.3) is 0 Å². The van der Waals surface area contributed by atoms with Crippen LogP contribution in [-0.2, 0) is 0 Å². The van der Waals surface area contributed by atoms with Gasteiger partial charge in [0.25, 0.3) is 0 Å². The van der Waals surface area contributed by atoms with Crippen LogP contribution >= 0.6 is 0 Å². The molecule has 14 heavy (non-hydrogen) atoms. The van der Waals surface area contributed by atoms with Gasteiger partial charge in [-0.1, -0.05) is 12.8 Å². The molecular formula is C12H24N2. The zero-order valence-corrected chi connectivity index (χ0v) is 9.39. The standard InChI is InChI=1S/C12H24N2/c1-10(11-5-4-8-13-9-11)14-12-6-2-3-7-12/h10-14H,2-9H2,1H3. The van der Waals surface area contributed by atoms with E-state index in [4.69, 9.17) is 0 Å². The lowest BCUT2D eigenvalue weighted by atomic mass is 9.92. The van der Waals surface area contributed by atoms with E-state index in [0.717, 1.165) is 12.0 Å². The molecule has 0 aromatic carbocycles. The van der Waals surface area contributed by atoms with Gasteiger partial charge in [-0.2, -0.15) is 0 Å². The summed E-state index contributed by atoms with van der Waals surface area (Å²) in [5, 5.41) is 7.31. The smallest absolute Gasteiger partial charge is 0.00817 e. The van der Waals surface area contributed by atoms with Crippen molar-refractivity contribution in [1.82, 2.24) is 10.6 Å². The molecule has 0 radical (unpaired) electrons. The molecule has 2 rings (SSSR count). The molecule has 1 saturated carbocycles. The lowest BCUT2D eigenvalue weighted by Crippen LogP contribution is -2.45.